The van der Waals surface area contributed by atoms with E-state index in [4.69, 9.17) is 3.97 Å². The van der Waals surface area contributed by atoms with Crippen LogP contribution in [0.4, 0.5) is 13.2 Å². The first-order valence-electron chi connectivity index (χ1n) is 7.33. The third kappa shape index (κ3) is 7.15. The Morgan fingerprint density at radius 1 is 1.30 bits per heavy atom. The van der Waals surface area contributed by atoms with Gasteiger partial charge in [-0.1, -0.05) is 18.2 Å². The van der Waals surface area contributed by atoms with E-state index in [0.717, 1.165) is 7.11 Å². The average molecular weight is 431 g/mol. The quantitative estimate of drug-likeness (QED) is 0.276. The minimum atomic E-state index is -5.42. The zero-order valence-electron chi connectivity index (χ0n) is 14.2. The molecule has 8 nitrogen and oxygen atoms in total. The Morgan fingerprint density at radius 3 is 2.37 bits per heavy atom. The molecule has 13 heteroatoms. The molecular formula is C14H17F3NO7PS. The summed E-state index contributed by atoms with van der Waals surface area (Å²) in [4.78, 5) is 33.4. The zero-order valence-corrected chi connectivity index (χ0v) is 15.9. The summed E-state index contributed by atoms with van der Waals surface area (Å²) in [7, 11) is -4.19. The fraction of sp³-hybridized carbons (Fsp3) is 0.429. The third-order valence-corrected chi connectivity index (χ3v) is 5.51. The molecule has 1 amide bonds. The summed E-state index contributed by atoms with van der Waals surface area (Å²) in [6, 6.07) is 7.90. The van der Waals surface area contributed by atoms with E-state index in [1.54, 1.807) is 18.2 Å². The number of amides is 1. The predicted octanol–water partition coefficient (Wildman–Crippen LogP) is 2.78. The van der Waals surface area contributed by atoms with Crippen molar-refractivity contribution in [3.8, 4) is 0 Å². The zero-order chi connectivity index (χ0) is 20.7. The number of carbonyl (C=O) groups is 2. The lowest BCUT2D eigenvalue weighted by Gasteiger charge is -2.31. The van der Waals surface area contributed by atoms with Crippen LogP contribution in [0.3, 0.4) is 0 Å². The molecule has 1 rings (SSSR count). The normalized spacial score (nSPS) is 14.9. The van der Waals surface area contributed by atoms with Gasteiger partial charge < -0.3 is 14.4 Å². The van der Waals surface area contributed by atoms with Crippen LogP contribution in [0.5, 0.6) is 0 Å². The van der Waals surface area contributed by atoms with Crippen LogP contribution in [-0.4, -0.2) is 54.1 Å². The number of hydrogen-bond acceptors (Lipinski definition) is 7. The van der Waals surface area contributed by atoms with Crippen molar-refractivity contribution in [3.63, 3.8) is 0 Å². The molecule has 27 heavy (non-hydrogen) atoms. The monoisotopic (exact) mass is 431 g/mol. The fourth-order valence-electron chi connectivity index (χ4n) is 1.80. The highest BCUT2D eigenvalue weighted by molar-refractivity contribution is 7.98. The van der Waals surface area contributed by atoms with E-state index in [1.807, 2.05) is 0 Å². The van der Waals surface area contributed by atoms with Crippen LogP contribution < -0.4 is 0 Å². The number of carbonyl (C=O) groups excluding carboxylic acids is 2. The van der Waals surface area contributed by atoms with E-state index in [2.05, 4.69) is 9.47 Å². The van der Waals surface area contributed by atoms with Gasteiger partial charge in [0.1, 0.15) is 6.54 Å². The van der Waals surface area contributed by atoms with Crippen LogP contribution in [-0.2, 0) is 27.6 Å². The summed E-state index contributed by atoms with van der Waals surface area (Å²) in [5.74, 6) is -6.15. The summed E-state index contributed by atoms with van der Waals surface area (Å²) in [6.45, 7) is -0.0194. The van der Waals surface area contributed by atoms with Crippen LogP contribution in [0, 0.1) is 0 Å². The van der Waals surface area contributed by atoms with Gasteiger partial charge >= 0.3 is 25.6 Å². The van der Waals surface area contributed by atoms with Gasteiger partial charge in [0, 0.05) is 24.0 Å². The second-order valence-electron chi connectivity index (χ2n) is 4.83. The van der Waals surface area contributed by atoms with Crippen molar-refractivity contribution in [2.75, 3.05) is 20.3 Å². The van der Waals surface area contributed by atoms with Crippen molar-refractivity contribution in [2.24, 2.45) is 0 Å². The fourth-order valence-corrected chi connectivity index (χ4v) is 3.94. The molecule has 0 bridgehead atoms. The minimum Gasteiger partial charge on any atom is -0.465 e. The van der Waals surface area contributed by atoms with E-state index in [1.165, 1.54) is 19.1 Å². The lowest BCUT2D eigenvalue weighted by molar-refractivity contribution is -0.194. The Kier molecular flexibility index (Phi) is 8.76. The highest BCUT2D eigenvalue weighted by Crippen LogP contribution is 2.54. The first kappa shape index (κ1) is 23.4. The highest BCUT2D eigenvalue weighted by atomic mass is 32.2. The van der Waals surface area contributed by atoms with Gasteiger partial charge in [0.2, 0.25) is 5.97 Å². The topological polar surface area (TPSA) is 102 Å². The summed E-state index contributed by atoms with van der Waals surface area (Å²) in [5.41, 5.74) is 0. The van der Waals surface area contributed by atoms with Crippen molar-refractivity contribution in [1.82, 2.24) is 4.90 Å². The summed E-state index contributed by atoms with van der Waals surface area (Å²) >= 11 is 0.408. The Hall–Kier alpha value is -1.59. The van der Waals surface area contributed by atoms with E-state index in [-0.39, 0.29) is 11.5 Å². The van der Waals surface area contributed by atoms with Gasteiger partial charge in [-0.25, -0.2) is 3.97 Å². The number of rotatable bonds is 9. The maximum atomic E-state index is 12.9. The van der Waals surface area contributed by atoms with Gasteiger partial charge in [0.05, 0.1) is 6.61 Å². The smallest absolute Gasteiger partial charge is 0.465 e. The summed E-state index contributed by atoms with van der Waals surface area (Å²) < 4.78 is 64.8. The lowest BCUT2D eigenvalue weighted by Crippen LogP contribution is -2.50. The maximum Gasteiger partial charge on any atom is 0.471 e. The van der Waals surface area contributed by atoms with E-state index in [0.29, 0.717) is 16.9 Å². The van der Waals surface area contributed by atoms with Gasteiger partial charge in [-0.2, -0.15) is 13.2 Å². The molecule has 0 radical (unpaired) electrons. The molecule has 1 aromatic carbocycles. The molecule has 1 N–H and O–H groups in total. The molecule has 0 aromatic heterocycles. The number of esters is 1. The third-order valence-electron chi connectivity index (χ3n) is 2.85. The standard InChI is InChI=1S/C14H17F3NO7PS/c1-3-24-11(19)9-18(12(20)14(15,16)17)13(23-2)26(21,22)25-27-10-7-5-4-6-8-10/h4-8,13H,3,9H2,1-2H3,(H,21,22). The first-order valence-corrected chi connectivity index (χ1v) is 9.71. The molecule has 2 atom stereocenters. The molecule has 1 aromatic rings. The van der Waals surface area contributed by atoms with Crippen molar-refractivity contribution in [1.29, 1.82) is 0 Å². The first-order chi connectivity index (χ1) is 12.5. The van der Waals surface area contributed by atoms with E-state index >= 15 is 0 Å². The second kappa shape index (κ2) is 10.1. The number of halogens is 3. The van der Waals surface area contributed by atoms with Crippen LogP contribution >= 0.6 is 19.6 Å². The molecule has 0 aliphatic carbocycles. The summed E-state index contributed by atoms with van der Waals surface area (Å²) in [5, 5.41) is 0. The van der Waals surface area contributed by atoms with Crippen molar-refractivity contribution < 1.29 is 45.7 Å². The molecule has 0 fully saturated rings. The highest BCUT2D eigenvalue weighted by Gasteiger charge is 2.51. The second-order valence-corrected chi connectivity index (χ2v) is 7.64. The molecule has 0 heterocycles. The van der Waals surface area contributed by atoms with Crippen LogP contribution in [0.15, 0.2) is 35.2 Å². The predicted molar refractivity (Wildman–Crippen MR) is 88.4 cm³/mol. The Labute approximate surface area is 157 Å². The number of nitrogens with zero attached hydrogens (tertiary/aromatic N) is 1. The lowest BCUT2D eigenvalue weighted by atomic mass is 10.4. The van der Waals surface area contributed by atoms with Crippen LogP contribution in [0.2, 0.25) is 0 Å². The molecule has 0 saturated carbocycles. The molecular weight excluding hydrogens is 414 g/mol. The molecule has 152 valence electrons. The largest absolute Gasteiger partial charge is 0.471 e. The number of alkyl halides is 3. The number of methoxy groups -OCH3 is 1. The van der Waals surface area contributed by atoms with Gasteiger partial charge in [-0.05, 0) is 19.1 Å². The maximum absolute atomic E-state index is 12.9. The van der Waals surface area contributed by atoms with Crippen molar-refractivity contribution in [2.45, 2.75) is 24.0 Å². The Balaban J connectivity index is 3.07. The number of benzene rings is 1. The summed E-state index contributed by atoms with van der Waals surface area (Å²) in [6.07, 6.45) is -5.42. The molecule has 0 aliphatic rings. The average Bonchev–Trinajstić information content (AvgIpc) is 2.59. The van der Waals surface area contributed by atoms with Gasteiger partial charge in [-0.15, -0.1) is 0 Å². The molecule has 0 aliphatic heterocycles. The number of ether oxygens (including phenoxy) is 2. The van der Waals surface area contributed by atoms with E-state index in [9.17, 15) is 32.2 Å². The SMILES string of the molecule is CCOC(=O)CN(C(=O)C(F)(F)F)C(OC)P(=O)(O)OSc1ccccc1. The van der Waals surface area contributed by atoms with Crippen molar-refractivity contribution >= 4 is 31.5 Å². The molecule has 2 unspecified atom stereocenters. The van der Waals surface area contributed by atoms with Gasteiger partial charge in [0.15, 0.2) is 0 Å². The van der Waals surface area contributed by atoms with Crippen LogP contribution in [0.1, 0.15) is 6.92 Å². The van der Waals surface area contributed by atoms with Crippen molar-refractivity contribution in [3.05, 3.63) is 30.3 Å². The number of hydrogen-bond donors (Lipinski definition) is 1. The molecule has 0 saturated heterocycles. The van der Waals surface area contributed by atoms with Gasteiger partial charge in [0.25, 0.3) is 0 Å². The Morgan fingerprint density at radius 2 is 1.89 bits per heavy atom. The minimum absolute atomic E-state index is 0.165. The molecule has 0 spiro atoms. The van der Waals surface area contributed by atoms with E-state index < -0.39 is 38.2 Å². The Bertz CT molecular complexity index is 689. The van der Waals surface area contributed by atoms with Crippen LogP contribution in [0.25, 0.3) is 0 Å². The van der Waals surface area contributed by atoms with Gasteiger partial charge in [-0.3, -0.25) is 19.1 Å².